The highest BCUT2D eigenvalue weighted by Crippen LogP contribution is 2.18. The molecule has 2 aromatic rings. The summed E-state index contributed by atoms with van der Waals surface area (Å²) in [6.45, 7) is 1.53. The molecular formula is C16H20N2O2. The number of hydrogen-bond acceptors (Lipinski definition) is 2. The lowest BCUT2D eigenvalue weighted by molar-refractivity contribution is 0.0117. The van der Waals surface area contributed by atoms with Crippen molar-refractivity contribution in [3.8, 4) is 0 Å². The molecule has 2 N–H and O–H groups in total. The minimum absolute atomic E-state index is 0.0155. The van der Waals surface area contributed by atoms with Gasteiger partial charge in [-0.2, -0.15) is 0 Å². The number of aromatic nitrogens is 1. The minimum Gasteiger partial charge on any atom is -0.378 e. The molecule has 1 aromatic carbocycles. The molecule has 1 atom stereocenters. The second-order valence-corrected chi connectivity index (χ2v) is 5.28. The highest BCUT2D eigenvalue weighted by molar-refractivity contribution is 6.06. The minimum atomic E-state index is -0.0155. The monoisotopic (exact) mass is 272 g/mol. The summed E-state index contributed by atoms with van der Waals surface area (Å²) in [7, 11) is 0. The maximum absolute atomic E-state index is 12.2. The van der Waals surface area contributed by atoms with E-state index in [1.807, 2.05) is 24.3 Å². The summed E-state index contributed by atoms with van der Waals surface area (Å²) in [6.07, 6.45) is 6.50. The lowest BCUT2D eigenvalue weighted by Gasteiger charge is -2.22. The van der Waals surface area contributed by atoms with Crippen molar-refractivity contribution >= 4 is 16.8 Å². The third kappa shape index (κ3) is 2.85. The van der Waals surface area contributed by atoms with Crippen LogP contribution in [-0.2, 0) is 4.74 Å². The van der Waals surface area contributed by atoms with Crippen LogP contribution in [0.25, 0.3) is 10.9 Å². The van der Waals surface area contributed by atoms with Gasteiger partial charge < -0.3 is 15.0 Å². The smallest absolute Gasteiger partial charge is 0.253 e. The van der Waals surface area contributed by atoms with Crippen LogP contribution in [0.1, 0.15) is 36.0 Å². The van der Waals surface area contributed by atoms with E-state index in [2.05, 4.69) is 10.3 Å². The molecule has 1 fully saturated rings. The van der Waals surface area contributed by atoms with E-state index in [1.165, 1.54) is 6.42 Å². The molecule has 2 heterocycles. The average molecular weight is 272 g/mol. The maximum atomic E-state index is 12.2. The fourth-order valence-corrected chi connectivity index (χ4v) is 2.74. The highest BCUT2D eigenvalue weighted by Gasteiger charge is 2.15. The van der Waals surface area contributed by atoms with Gasteiger partial charge in [0.2, 0.25) is 0 Å². The van der Waals surface area contributed by atoms with Gasteiger partial charge in [-0.3, -0.25) is 4.79 Å². The quantitative estimate of drug-likeness (QED) is 0.899. The molecule has 4 heteroatoms. The lowest BCUT2D eigenvalue weighted by Crippen LogP contribution is -2.29. The SMILES string of the molecule is O=C(NCCC1CCCCO1)c1c[nH]c2ccccc12. The number of aromatic amines is 1. The fourth-order valence-electron chi connectivity index (χ4n) is 2.74. The predicted molar refractivity (Wildman–Crippen MR) is 78.8 cm³/mol. The number of carbonyl (C=O) groups excluding carboxylic acids is 1. The lowest BCUT2D eigenvalue weighted by atomic mass is 10.1. The van der Waals surface area contributed by atoms with E-state index < -0.39 is 0 Å². The van der Waals surface area contributed by atoms with E-state index in [0.717, 1.165) is 36.8 Å². The number of nitrogens with one attached hydrogen (secondary N) is 2. The van der Waals surface area contributed by atoms with Crippen molar-refractivity contribution in [2.24, 2.45) is 0 Å². The van der Waals surface area contributed by atoms with Crippen molar-refractivity contribution in [3.05, 3.63) is 36.0 Å². The Morgan fingerprint density at radius 2 is 2.25 bits per heavy atom. The van der Waals surface area contributed by atoms with Gasteiger partial charge in [0.05, 0.1) is 11.7 Å². The largest absolute Gasteiger partial charge is 0.378 e. The molecule has 1 aliphatic rings. The predicted octanol–water partition coefficient (Wildman–Crippen LogP) is 2.86. The van der Waals surface area contributed by atoms with E-state index in [-0.39, 0.29) is 5.91 Å². The van der Waals surface area contributed by atoms with E-state index in [0.29, 0.717) is 18.2 Å². The second-order valence-electron chi connectivity index (χ2n) is 5.28. The number of amides is 1. The van der Waals surface area contributed by atoms with Gasteiger partial charge in [-0.15, -0.1) is 0 Å². The fraction of sp³-hybridized carbons (Fsp3) is 0.438. The van der Waals surface area contributed by atoms with E-state index in [4.69, 9.17) is 4.74 Å². The first-order valence-corrected chi connectivity index (χ1v) is 7.30. The Morgan fingerprint density at radius 3 is 3.10 bits per heavy atom. The zero-order valence-electron chi connectivity index (χ0n) is 11.5. The molecule has 0 bridgehead atoms. The van der Waals surface area contributed by atoms with Gasteiger partial charge in [0.1, 0.15) is 0 Å². The van der Waals surface area contributed by atoms with Gasteiger partial charge in [0.25, 0.3) is 5.91 Å². The van der Waals surface area contributed by atoms with Gasteiger partial charge in [0.15, 0.2) is 0 Å². The molecule has 0 spiro atoms. The zero-order chi connectivity index (χ0) is 13.8. The molecule has 0 aliphatic carbocycles. The Bertz CT molecular complexity index is 585. The van der Waals surface area contributed by atoms with Crippen molar-refractivity contribution < 1.29 is 9.53 Å². The normalized spacial score (nSPS) is 19.1. The summed E-state index contributed by atoms with van der Waals surface area (Å²) in [5.41, 5.74) is 1.71. The van der Waals surface area contributed by atoms with E-state index in [1.54, 1.807) is 6.20 Å². The second kappa shape index (κ2) is 6.09. The van der Waals surface area contributed by atoms with Crippen LogP contribution >= 0.6 is 0 Å². The summed E-state index contributed by atoms with van der Waals surface area (Å²) in [4.78, 5) is 15.3. The Labute approximate surface area is 118 Å². The number of H-pyrrole nitrogens is 1. The number of benzene rings is 1. The van der Waals surface area contributed by atoms with Crippen LogP contribution in [0.2, 0.25) is 0 Å². The summed E-state index contributed by atoms with van der Waals surface area (Å²) in [6, 6.07) is 7.84. The molecule has 1 aliphatic heterocycles. The summed E-state index contributed by atoms with van der Waals surface area (Å²) >= 11 is 0. The molecule has 0 radical (unpaired) electrons. The van der Waals surface area contributed by atoms with Crippen LogP contribution in [-0.4, -0.2) is 30.1 Å². The van der Waals surface area contributed by atoms with Crippen LogP contribution in [0, 0.1) is 0 Å². The molecule has 3 rings (SSSR count). The first kappa shape index (κ1) is 13.2. The molecule has 1 amide bonds. The van der Waals surface area contributed by atoms with Crippen LogP contribution < -0.4 is 5.32 Å². The van der Waals surface area contributed by atoms with Gasteiger partial charge in [-0.25, -0.2) is 0 Å². The average Bonchev–Trinajstić information content (AvgIpc) is 2.92. The summed E-state index contributed by atoms with van der Waals surface area (Å²) in [5, 5.41) is 3.96. The Hall–Kier alpha value is -1.81. The third-order valence-electron chi connectivity index (χ3n) is 3.86. The number of para-hydroxylation sites is 1. The Kier molecular flexibility index (Phi) is 4.02. The molecule has 106 valence electrons. The number of ether oxygens (including phenoxy) is 1. The van der Waals surface area contributed by atoms with Gasteiger partial charge in [-0.05, 0) is 31.7 Å². The number of carbonyl (C=O) groups is 1. The van der Waals surface area contributed by atoms with Crippen LogP contribution in [0.3, 0.4) is 0 Å². The first-order chi connectivity index (χ1) is 9.84. The summed E-state index contributed by atoms with van der Waals surface area (Å²) in [5.74, 6) is -0.0155. The van der Waals surface area contributed by atoms with Gasteiger partial charge >= 0.3 is 0 Å². The Morgan fingerprint density at radius 1 is 1.35 bits per heavy atom. The van der Waals surface area contributed by atoms with Crippen LogP contribution in [0.4, 0.5) is 0 Å². The molecule has 1 unspecified atom stereocenters. The van der Waals surface area contributed by atoms with Crippen molar-refractivity contribution in [2.45, 2.75) is 31.8 Å². The molecule has 4 nitrogen and oxygen atoms in total. The highest BCUT2D eigenvalue weighted by atomic mass is 16.5. The molecule has 20 heavy (non-hydrogen) atoms. The van der Waals surface area contributed by atoms with Crippen LogP contribution in [0.15, 0.2) is 30.5 Å². The molecule has 0 saturated carbocycles. The Balaban J connectivity index is 1.56. The van der Waals surface area contributed by atoms with Gasteiger partial charge in [0, 0.05) is 30.3 Å². The topological polar surface area (TPSA) is 54.1 Å². The number of hydrogen-bond donors (Lipinski definition) is 2. The van der Waals surface area contributed by atoms with Crippen molar-refractivity contribution in [1.29, 1.82) is 0 Å². The van der Waals surface area contributed by atoms with Crippen LogP contribution in [0.5, 0.6) is 0 Å². The third-order valence-corrected chi connectivity index (χ3v) is 3.86. The van der Waals surface area contributed by atoms with Crippen molar-refractivity contribution in [1.82, 2.24) is 10.3 Å². The molecule has 1 saturated heterocycles. The van der Waals surface area contributed by atoms with Gasteiger partial charge in [-0.1, -0.05) is 18.2 Å². The standard InChI is InChI=1S/C16H20N2O2/c19-16(17-9-8-12-5-3-4-10-20-12)14-11-18-15-7-2-1-6-13(14)15/h1-2,6-7,11-12,18H,3-5,8-10H2,(H,17,19). The first-order valence-electron chi connectivity index (χ1n) is 7.30. The van der Waals surface area contributed by atoms with E-state index >= 15 is 0 Å². The molecule has 1 aromatic heterocycles. The molecular weight excluding hydrogens is 252 g/mol. The number of rotatable bonds is 4. The van der Waals surface area contributed by atoms with Crippen molar-refractivity contribution in [3.63, 3.8) is 0 Å². The van der Waals surface area contributed by atoms with Crippen molar-refractivity contribution in [2.75, 3.05) is 13.2 Å². The van der Waals surface area contributed by atoms with E-state index in [9.17, 15) is 4.79 Å². The summed E-state index contributed by atoms with van der Waals surface area (Å²) < 4.78 is 5.66. The maximum Gasteiger partial charge on any atom is 0.253 e. The number of fused-ring (bicyclic) bond motifs is 1. The zero-order valence-corrected chi connectivity index (χ0v) is 11.5.